The van der Waals surface area contributed by atoms with E-state index in [1.807, 2.05) is 12.1 Å². The maximum Gasteiger partial charge on any atom is 0.269 e. The summed E-state index contributed by atoms with van der Waals surface area (Å²) in [4.78, 5) is 17.3. The number of rotatable bonds is 8. The van der Waals surface area contributed by atoms with Gasteiger partial charge in [-0.1, -0.05) is 54.2 Å². The van der Waals surface area contributed by atoms with Crippen LogP contribution >= 0.6 is 23.2 Å². The molecule has 1 amide bonds. The van der Waals surface area contributed by atoms with Crippen LogP contribution in [0, 0.1) is 0 Å². The van der Waals surface area contributed by atoms with Gasteiger partial charge in [0.15, 0.2) is 0 Å². The number of anilines is 1. The van der Waals surface area contributed by atoms with Gasteiger partial charge in [-0.3, -0.25) is 9.69 Å². The van der Waals surface area contributed by atoms with Gasteiger partial charge in [0.05, 0.1) is 21.3 Å². The molecule has 0 aromatic heterocycles. The predicted molar refractivity (Wildman–Crippen MR) is 128 cm³/mol. The molecule has 1 fully saturated rings. The number of fused-ring (bicyclic) bond motifs is 1. The summed E-state index contributed by atoms with van der Waals surface area (Å²) in [5.41, 5.74) is 1.28. The first-order valence-electron chi connectivity index (χ1n) is 11.0. The van der Waals surface area contributed by atoms with Crippen molar-refractivity contribution < 1.29 is 13.2 Å². The van der Waals surface area contributed by atoms with E-state index in [9.17, 15) is 13.2 Å². The summed E-state index contributed by atoms with van der Waals surface area (Å²) >= 11 is 12.5. The number of benzene rings is 2. The molecule has 4 rings (SSSR count). The molecule has 0 aliphatic carbocycles. The molecule has 2 aromatic carbocycles. The van der Waals surface area contributed by atoms with Crippen LogP contribution in [0.15, 0.2) is 47.4 Å². The highest BCUT2D eigenvalue weighted by Crippen LogP contribution is 2.33. The van der Waals surface area contributed by atoms with E-state index >= 15 is 0 Å². The van der Waals surface area contributed by atoms with Gasteiger partial charge < -0.3 is 4.90 Å². The maximum absolute atomic E-state index is 12.6. The van der Waals surface area contributed by atoms with Crippen molar-refractivity contribution in [3.8, 4) is 0 Å². The molecule has 0 unspecified atom stereocenters. The monoisotopic (exact) mass is 495 g/mol. The number of carbonyl (C=O) groups excluding carboxylic acids is 1. The van der Waals surface area contributed by atoms with Crippen LogP contribution in [0.2, 0.25) is 10.0 Å². The van der Waals surface area contributed by atoms with Crippen molar-refractivity contribution in [2.24, 2.45) is 0 Å². The Morgan fingerprint density at radius 2 is 1.50 bits per heavy atom. The number of nitrogens with zero attached hydrogens (tertiary/aromatic N) is 3. The van der Waals surface area contributed by atoms with E-state index in [-0.39, 0.29) is 17.0 Å². The first kappa shape index (κ1) is 23.4. The number of hydrogen-bond donors (Lipinski definition) is 0. The lowest BCUT2D eigenvalue weighted by Gasteiger charge is -2.36. The number of sulfonamides is 1. The first-order chi connectivity index (χ1) is 15.4. The predicted octanol–water partition coefficient (Wildman–Crippen LogP) is 4.52. The van der Waals surface area contributed by atoms with Gasteiger partial charge in [0.1, 0.15) is 4.90 Å². The fourth-order valence-electron chi connectivity index (χ4n) is 4.35. The Labute approximate surface area is 199 Å². The summed E-state index contributed by atoms with van der Waals surface area (Å²) in [6, 6.07) is 12.2. The largest absolute Gasteiger partial charge is 0.368 e. The lowest BCUT2D eigenvalue weighted by Crippen LogP contribution is -2.46. The van der Waals surface area contributed by atoms with Crippen molar-refractivity contribution in [2.75, 3.05) is 44.2 Å². The van der Waals surface area contributed by atoms with Crippen molar-refractivity contribution >= 4 is 44.8 Å². The fraction of sp³-hybridized carbons (Fsp3) is 0.435. The molecule has 0 atom stereocenters. The Balaban J connectivity index is 1.15. The summed E-state index contributed by atoms with van der Waals surface area (Å²) in [6.45, 7) is 5.03. The third-order valence-corrected chi connectivity index (χ3v) is 8.79. The molecule has 1 saturated heterocycles. The Hall–Kier alpha value is -1.80. The van der Waals surface area contributed by atoms with E-state index in [0.29, 0.717) is 16.5 Å². The van der Waals surface area contributed by atoms with Crippen LogP contribution in [0.3, 0.4) is 0 Å². The van der Waals surface area contributed by atoms with Crippen LogP contribution < -0.4 is 4.90 Å². The van der Waals surface area contributed by atoms with E-state index in [1.165, 1.54) is 6.07 Å². The molecule has 2 aliphatic heterocycles. The molecule has 0 N–H and O–H groups in total. The normalized spacial score (nSPS) is 18.2. The Morgan fingerprint density at radius 3 is 2.22 bits per heavy atom. The third-order valence-electron chi connectivity index (χ3n) is 6.14. The van der Waals surface area contributed by atoms with Crippen molar-refractivity contribution in [1.29, 1.82) is 0 Å². The zero-order valence-electron chi connectivity index (χ0n) is 17.8. The quantitative estimate of drug-likeness (QED) is 0.503. The lowest BCUT2D eigenvalue weighted by atomic mass is 10.1. The minimum absolute atomic E-state index is 0.128. The fourth-order valence-corrected chi connectivity index (χ4v) is 6.37. The zero-order chi connectivity index (χ0) is 22.7. The second kappa shape index (κ2) is 10.00. The number of hydrogen-bond acceptors (Lipinski definition) is 5. The molecule has 32 heavy (non-hydrogen) atoms. The summed E-state index contributed by atoms with van der Waals surface area (Å²) in [7, 11) is -3.69. The van der Waals surface area contributed by atoms with Gasteiger partial charge in [0, 0.05) is 32.7 Å². The molecule has 9 heteroatoms. The number of piperazine rings is 1. The highest BCUT2D eigenvalue weighted by Gasteiger charge is 2.40. The molecule has 0 bridgehead atoms. The molecule has 172 valence electrons. The second-order valence-electron chi connectivity index (χ2n) is 8.19. The maximum atomic E-state index is 12.6. The molecule has 0 radical (unpaired) electrons. The summed E-state index contributed by atoms with van der Waals surface area (Å²) in [5.74, 6) is -0.404. The molecular weight excluding hydrogens is 469 g/mol. The molecule has 2 aliphatic rings. The molecule has 0 saturated carbocycles. The summed E-state index contributed by atoms with van der Waals surface area (Å²) < 4.78 is 26.2. The lowest BCUT2D eigenvalue weighted by molar-refractivity contribution is 0.0869. The molecular formula is C23H27Cl2N3O3S. The van der Waals surface area contributed by atoms with E-state index < -0.39 is 15.9 Å². The highest BCUT2D eigenvalue weighted by molar-refractivity contribution is 7.90. The van der Waals surface area contributed by atoms with Crippen molar-refractivity contribution in [3.63, 3.8) is 0 Å². The van der Waals surface area contributed by atoms with E-state index in [1.54, 1.807) is 24.3 Å². The molecule has 2 aromatic rings. The highest BCUT2D eigenvalue weighted by atomic mass is 35.5. The smallest absolute Gasteiger partial charge is 0.269 e. The number of amides is 1. The SMILES string of the molecule is O=C1c2ccccc2S(=O)(=O)N1CCCCCCN1CCN(c2cccc(Cl)c2Cl)CC1. The Morgan fingerprint density at radius 1 is 0.812 bits per heavy atom. The van der Waals surface area contributed by atoms with E-state index in [4.69, 9.17) is 23.2 Å². The third kappa shape index (κ3) is 4.76. The van der Waals surface area contributed by atoms with Crippen LogP contribution in [0.1, 0.15) is 36.0 Å². The van der Waals surface area contributed by atoms with Crippen molar-refractivity contribution in [1.82, 2.24) is 9.21 Å². The molecule has 6 nitrogen and oxygen atoms in total. The van der Waals surface area contributed by atoms with Gasteiger partial charge in [0.25, 0.3) is 15.9 Å². The minimum Gasteiger partial charge on any atom is -0.368 e. The van der Waals surface area contributed by atoms with Gasteiger partial charge >= 0.3 is 0 Å². The summed E-state index contributed by atoms with van der Waals surface area (Å²) in [6.07, 6.45) is 3.64. The van der Waals surface area contributed by atoms with Crippen molar-refractivity contribution in [2.45, 2.75) is 30.6 Å². The number of unbranched alkanes of at least 4 members (excludes halogenated alkanes) is 3. The first-order valence-corrected chi connectivity index (χ1v) is 13.2. The zero-order valence-corrected chi connectivity index (χ0v) is 20.2. The molecule has 2 heterocycles. The standard InChI is InChI=1S/C23H27Cl2N3O3S/c24-19-9-7-10-20(22(19)25)27-16-14-26(15-17-27)12-5-1-2-6-13-28-23(29)18-8-3-4-11-21(18)32(28,30)31/h3-4,7-11H,1-2,5-6,12-17H2. The number of halogens is 2. The second-order valence-corrected chi connectivity index (χ2v) is 10.8. The minimum atomic E-state index is -3.69. The summed E-state index contributed by atoms with van der Waals surface area (Å²) in [5, 5.41) is 1.20. The van der Waals surface area contributed by atoms with Gasteiger partial charge in [-0.05, 0) is 43.7 Å². The van der Waals surface area contributed by atoms with Crippen LogP contribution in [-0.4, -0.2) is 62.8 Å². The van der Waals surface area contributed by atoms with Crippen molar-refractivity contribution in [3.05, 3.63) is 58.1 Å². The van der Waals surface area contributed by atoms with Gasteiger partial charge in [0.2, 0.25) is 0 Å². The van der Waals surface area contributed by atoms with Gasteiger partial charge in [-0.15, -0.1) is 0 Å². The van der Waals surface area contributed by atoms with Crippen LogP contribution in [-0.2, 0) is 10.0 Å². The Kier molecular flexibility index (Phi) is 7.30. The van der Waals surface area contributed by atoms with Crippen LogP contribution in [0.5, 0.6) is 0 Å². The molecule has 0 spiro atoms. The van der Waals surface area contributed by atoms with Crippen LogP contribution in [0.25, 0.3) is 0 Å². The Bertz CT molecular complexity index is 1090. The average Bonchev–Trinajstić information content (AvgIpc) is 2.99. The van der Waals surface area contributed by atoms with Gasteiger partial charge in [-0.2, -0.15) is 0 Å². The van der Waals surface area contributed by atoms with Gasteiger partial charge in [-0.25, -0.2) is 12.7 Å². The van der Waals surface area contributed by atoms with E-state index in [2.05, 4.69) is 9.80 Å². The number of carbonyl (C=O) groups is 1. The average molecular weight is 496 g/mol. The van der Waals surface area contributed by atoms with E-state index in [0.717, 1.165) is 62.0 Å². The topological polar surface area (TPSA) is 60.9 Å². The van der Waals surface area contributed by atoms with Crippen LogP contribution in [0.4, 0.5) is 5.69 Å².